The number of carbonyl (C=O) groups excluding carboxylic acids is 2. The molecule has 3 rings (SSSR count). The average Bonchev–Trinajstić information content (AvgIpc) is 2.98. The van der Waals surface area contributed by atoms with Gasteiger partial charge < -0.3 is 15.2 Å². The van der Waals surface area contributed by atoms with E-state index in [9.17, 15) is 23.2 Å². The Morgan fingerprint density at radius 3 is 2.43 bits per heavy atom. The van der Waals surface area contributed by atoms with Crippen molar-refractivity contribution in [1.82, 2.24) is 15.3 Å². The number of carboxylic acid groups (broad SMARTS) is 1. The number of rotatable bonds is 6. The number of carbonyl (C=O) groups is 3. The van der Waals surface area contributed by atoms with Gasteiger partial charge in [0.05, 0.1) is 5.69 Å². The zero-order valence-corrected chi connectivity index (χ0v) is 16.8. The number of halogens is 2. The summed E-state index contributed by atoms with van der Waals surface area (Å²) >= 11 is 0.940. The number of pyridine rings is 1. The first-order valence-corrected chi connectivity index (χ1v) is 9.82. The highest BCUT2D eigenvalue weighted by Crippen LogP contribution is 2.33. The van der Waals surface area contributed by atoms with Gasteiger partial charge in [0.2, 0.25) is 11.9 Å². The summed E-state index contributed by atoms with van der Waals surface area (Å²) in [5, 5.41) is 11.6. The van der Waals surface area contributed by atoms with Crippen molar-refractivity contribution >= 4 is 40.1 Å². The van der Waals surface area contributed by atoms with E-state index in [1.54, 1.807) is 6.92 Å². The number of ether oxygens (including phenoxy) is 1. The maximum Gasteiger partial charge on any atom is 0.506 e. The average molecular weight is 440 g/mol. The molecular weight excluding hydrogens is 422 g/mol. The molecule has 12 heteroatoms. The molecule has 1 unspecified atom stereocenters. The van der Waals surface area contributed by atoms with E-state index in [2.05, 4.69) is 20.0 Å². The van der Waals surface area contributed by atoms with Gasteiger partial charge in [0.1, 0.15) is 5.69 Å². The molecule has 0 aromatic carbocycles. The number of nitrogens with zero attached hydrogens (tertiary/aromatic N) is 3. The Labute approximate surface area is 173 Å². The Balaban J connectivity index is 1.99. The molecule has 1 aliphatic carbocycles. The van der Waals surface area contributed by atoms with Crippen LogP contribution in [0.25, 0.3) is 0 Å². The molecule has 2 aromatic rings. The van der Waals surface area contributed by atoms with E-state index in [0.717, 1.165) is 47.6 Å². The molecule has 0 aliphatic heterocycles. The van der Waals surface area contributed by atoms with E-state index >= 15 is 0 Å². The van der Waals surface area contributed by atoms with Crippen molar-refractivity contribution < 1.29 is 33.0 Å². The fraction of sp³-hybridized carbons (Fsp3) is 0.389. The van der Waals surface area contributed by atoms with Crippen LogP contribution in [0.15, 0.2) is 12.1 Å². The van der Waals surface area contributed by atoms with E-state index in [-0.39, 0.29) is 22.6 Å². The Kier molecular flexibility index (Phi) is 6.25. The molecule has 160 valence electrons. The number of amides is 2. The Bertz CT molecular complexity index is 975. The molecule has 30 heavy (non-hydrogen) atoms. The summed E-state index contributed by atoms with van der Waals surface area (Å²) in [6, 6.07) is 1.64. The van der Waals surface area contributed by atoms with Crippen molar-refractivity contribution in [2.45, 2.75) is 45.3 Å². The number of thiazole rings is 1. The standard InChI is InChI=1S/C18H18F2N4O5S/c1-8(29-18(27)28)16(26)24(11-6-12(19)22-13(20)7-11)17-23-14(9(2)30-17)15(25)21-10-4-3-5-10/h6-8,10H,3-5H2,1-2H3,(H,21,25)(H,27,28). The van der Waals surface area contributed by atoms with Crippen LogP contribution in [0.2, 0.25) is 0 Å². The third kappa shape index (κ3) is 4.70. The predicted octanol–water partition coefficient (Wildman–Crippen LogP) is 3.15. The van der Waals surface area contributed by atoms with Crippen LogP contribution in [0.5, 0.6) is 0 Å². The van der Waals surface area contributed by atoms with Gasteiger partial charge in [0.25, 0.3) is 11.8 Å². The summed E-state index contributed by atoms with van der Waals surface area (Å²) < 4.78 is 31.8. The topological polar surface area (TPSA) is 122 Å². The van der Waals surface area contributed by atoms with Crippen LogP contribution in [-0.2, 0) is 9.53 Å². The Hall–Kier alpha value is -3.15. The van der Waals surface area contributed by atoms with Crippen molar-refractivity contribution in [2.24, 2.45) is 0 Å². The summed E-state index contributed by atoms with van der Waals surface area (Å²) in [5.41, 5.74) is -0.202. The molecule has 0 saturated heterocycles. The molecule has 2 amide bonds. The van der Waals surface area contributed by atoms with E-state index in [4.69, 9.17) is 5.11 Å². The number of nitrogens with one attached hydrogen (secondary N) is 1. The zero-order valence-electron chi connectivity index (χ0n) is 16.0. The van der Waals surface area contributed by atoms with Gasteiger partial charge in [-0.1, -0.05) is 0 Å². The second-order valence-corrected chi connectivity index (χ2v) is 7.85. The molecule has 2 N–H and O–H groups in total. The van der Waals surface area contributed by atoms with E-state index < -0.39 is 36.0 Å². The minimum Gasteiger partial charge on any atom is -0.450 e. The minimum atomic E-state index is -1.70. The first-order chi connectivity index (χ1) is 14.2. The molecular formula is C18H18F2N4O5S. The van der Waals surface area contributed by atoms with Crippen LogP contribution < -0.4 is 10.2 Å². The summed E-state index contributed by atoms with van der Waals surface area (Å²) in [7, 11) is 0. The van der Waals surface area contributed by atoms with Gasteiger partial charge in [-0.15, -0.1) is 11.3 Å². The van der Waals surface area contributed by atoms with Gasteiger partial charge in [0.15, 0.2) is 11.2 Å². The number of hydrogen-bond donors (Lipinski definition) is 2. The number of aryl methyl sites for hydroxylation is 1. The fourth-order valence-corrected chi connectivity index (χ4v) is 3.72. The molecule has 9 nitrogen and oxygen atoms in total. The van der Waals surface area contributed by atoms with Gasteiger partial charge in [0, 0.05) is 23.1 Å². The van der Waals surface area contributed by atoms with Gasteiger partial charge in [-0.3, -0.25) is 14.5 Å². The lowest BCUT2D eigenvalue weighted by atomic mass is 9.93. The highest BCUT2D eigenvalue weighted by atomic mass is 32.1. The maximum atomic E-state index is 13.7. The van der Waals surface area contributed by atoms with E-state index in [1.165, 1.54) is 6.92 Å². The molecule has 0 radical (unpaired) electrons. The number of aromatic nitrogens is 2. The molecule has 0 spiro atoms. The van der Waals surface area contributed by atoms with Gasteiger partial charge in [-0.2, -0.15) is 13.8 Å². The molecule has 1 atom stereocenters. The Morgan fingerprint density at radius 2 is 1.90 bits per heavy atom. The lowest BCUT2D eigenvalue weighted by molar-refractivity contribution is -0.126. The normalized spacial score (nSPS) is 14.5. The van der Waals surface area contributed by atoms with Crippen LogP contribution in [-0.4, -0.2) is 45.2 Å². The van der Waals surface area contributed by atoms with Gasteiger partial charge >= 0.3 is 6.16 Å². The second-order valence-electron chi connectivity index (χ2n) is 6.67. The zero-order chi connectivity index (χ0) is 22.0. The highest BCUT2D eigenvalue weighted by molar-refractivity contribution is 7.16. The van der Waals surface area contributed by atoms with Crippen molar-refractivity contribution in [1.29, 1.82) is 0 Å². The quantitative estimate of drug-likeness (QED) is 0.523. The first kappa shape index (κ1) is 21.6. The summed E-state index contributed by atoms with van der Waals surface area (Å²) in [5.74, 6) is -3.74. The molecule has 2 heterocycles. The fourth-order valence-electron chi connectivity index (χ4n) is 2.79. The van der Waals surface area contributed by atoms with Crippen molar-refractivity contribution in [3.63, 3.8) is 0 Å². The molecule has 1 aliphatic rings. The van der Waals surface area contributed by atoms with Crippen LogP contribution >= 0.6 is 11.3 Å². The first-order valence-electron chi connectivity index (χ1n) is 9.00. The van der Waals surface area contributed by atoms with Crippen LogP contribution in [0, 0.1) is 18.8 Å². The van der Waals surface area contributed by atoms with Gasteiger partial charge in [-0.25, -0.2) is 9.78 Å². The smallest absolute Gasteiger partial charge is 0.450 e. The molecule has 2 aromatic heterocycles. The lowest BCUT2D eigenvalue weighted by Gasteiger charge is -2.26. The second kappa shape index (κ2) is 8.69. The van der Waals surface area contributed by atoms with Crippen molar-refractivity contribution in [2.75, 3.05) is 4.90 Å². The molecule has 0 bridgehead atoms. The van der Waals surface area contributed by atoms with Crippen LogP contribution in [0.3, 0.4) is 0 Å². The summed E-state index contributed by atoms with van der Waals surface area (Å²) in [6.45, 7) is 2.78. The number of hydrogen-bond acceptors (Lipinski definition) is 7. The van der Waals surface area contributed by atoms with E-state index in [1.807, 2.05) is 0 Å². The molecule has 1 saturated carbocycles. The Morgan fingerprint density at radius 1 is 1.27 bits per heavy atom. The maximum absolute atomic E-state index is 13.7. The third-order valence-corrected chi connectivity index (χ3v) is 5.44. The highest BCUT2D eigenvalue weighted by Gasteiger charge is 2.31. The van der Waals surface area contributed by atoms with Crippen molar-refractivity contribution in [3.05, 3.63) is 34.6 Å². The lowest BCUT2D eigenvalue weighted by Crippen LogP contribution is -2.40. The summed E-state index contributed by atoms with van der Waals surface area (Å²) in [4.78, 5) is 44.6. The van der Waals surface area contributed by atoms with Gasteiger partial charge in [-0.05, 0) is 33.1 Å². The van der Waals surface area contributed by atoms with Crippen LogP contribution in [0.4, 0.5) is 24.4 Å². The largest absolute Gasteiger partial charge is 0.506 e. The van der Waals surface area contributed by atoms with E-state index in [0.29, 0.717) is 4.88 Å². The molecule has 1 fully saturated rings. The summed E-state index contributed by atoms with van der Waals surface area (Å²) in [6.07, 6.45) is -0.440. The minimum absolute atomic E-state index is 0.0622. The predicted molar refractivity (Wildman–Crippen MR) is 102 cm³/mol. The monoisotopic (exact) mass is 440 g/mol. The number of anilines is 2. The van der Waals surface area contributed by atoms with Crippen molar-refractivity contribution in [3.8, 4) is 0 Å². The van der Waals surface area contributed by atoms with Crippen LogP contribution in [0.1, 0.15) is 41.6 Å². The third-order valence-electron chi connectivity index (χ3n) is 4.48. The SMILES string of the molecule is Cc1sc(N(C(=O)C(C)OC(=O)O)c2cc(F)nc(F)c2)nc1C(=O)NC1CCC1.